The lowest BCUT2D eigenvalue weighted by Crippen LogP contribution is -2.22. The van der Waals surface area contributed by atoms with E-state index in [1.54, 1.807) is 36.5 Å². The van der Waals surface area contributed by atoms with Gasteiger partial charge in [-0.2, -0.15) is 4.98 Å². The Hall–Kier alpha value is -3.23. The molecule has 0 saturated heterocycles. The molecule has 172 valence electrons. The lowest BCUT2D eigenvalue weighted by atomic mass is 9.93. The molecule has 0 aliphatic heterocycles. The first kappa shape index (κ1) is 22.9. The molecule has 5 rings (SSSR count). The zero-order valence-corrected chi connectivity index (χ0v) is 17.9. The van der Waals surface area contributed by atoms with Crippen molar-refractivity contribution in [2.75, 3.05) is 10.6 Å². The van der Waals surface area contributed by atoms with E-state index in [2.05, 4.69) is 20.6 Å². The van der Waals surface area contributed by atoms with Crippen LogP contribution in [0.3, 0.4) is 0 Å². The third-order valence-corrected chi connectivity index (χ3v) is 5.90. The third-order valence-electron chi connectivity index (χ3n) is 5.67. The highest BCUT2D eigenvalue weighted by Crippen LogP contribution is 2.35. The predicted molar refractivity (Wildman–Crippen MR) is 130 cm³/mol. The third kappa shape index (κ3) is 4.91. The Morgan fingerprint density at radius 3 is 2.55 bits per heavy atom. The minimum atomic E-state index is -0.362. The Balaban J connectivity index is 0.00000259. The number of nitrogens with one attached hydrogen (secondary N) is 2. The summed E-state index contributed by atoms with van der Waals surface area (Å²) in [6, 6.07) is 13.9. The van der Waals surface area contributed by atoms with Crippen molar-refractivity contribution in [1.82, 2.24) is 19.5 Å². The van der Waals surface area contributed by atoms with Gasteiger partial charge in [-0.1, -0.05) is 37.2 Å². The van der Waals surface area contributed by atoms with Gasteiger partial charge < -0.3 is 15.7 Å². The molecule has 1 aliphatic carbocycles. The van der Waals surface area contributed by atoms with E-state index in [-0.39, 0.29) is 25.4 Å². The number of benzene rings is 2. The first-order valence-electron chi connectivity index (χ1n) is 10.5. The molecule has 4 aromatic rings. The number of hydrogen-bond acceptors (Lipinski definition) is 6. The second-order valence-corrected chi connectivity index (χ2v) is 8.35. The Bertz CT molecular complexity index is 1250. The molecular weight excluding hydrogens is 443 g/mol. The van der Waals surface area contributed by atoms with E-state index in [0.29, 0.717) is 46.6 Å². The molecule has 0 bridgehead atoms. The first-order valence-corrected chi connectivity index (χ1v) is 10.9. The summed E-state index contributed by atoms with van der Waals surface area (Å²) in [6.45, 7) is 0. The average molecular weight is 469 g/mol. The lowest BCUT2D eigenvalue weighted by Gasteiger charge is -2.28. The van der Waals surface area contributed by atoms with Gasteiger partial charge in [-0.3, -0.25) is 4.57 Å². The Morgan fingerprint density at radius 1 is 1.00 bits per heavy atom. The van der Waals surface area contributed by atoms with Crippen molar-refractivity contribution in [1.29, 1.82) is 0 Å². The zero-order valence-electron chi connectivity index (χ0n) is 17.2. The molecule has 0 radical (unpaired) electrons. The summed E-state index contributed by atoms with van der Waals surface area (Å²) in [5.74, 6) is 0.550. The second kappa shape index (κ2) is 9.72. The molecule has 2 aromatic heterocycles. The number of aromatic nitrogens is 4. The van der Waals surface area contributed by atoms with Crippen molar-refractivity contribution >= 4 is 46.0 Å². The molecule has 1 saturated carbocycles. The maximum absolute atomic E-state index is 14.3. The monoisotopic (exact) mass is 468 g/mol. The van der Waals surface area contributed by atoms with E-state index >= 15 is 0 Å². The Morgan fingerprint density at radius 2 is 1.79 bits per heavy atom. The topological polar surface area (TPSA) is 87.9 Å². The Labute approximate surface area is 196 Å². The largest absolute Gasteiger partial charge is 0.393 e. The zero-order chi connectivity index (χ0) is 22.1. The molecule has 3 N–H and O–H groups in total. The van der Waals surface area contributed by atoms with E-state index < -0.39 is 0 Å². The van der Waals surface area contributed by atoms with Gasteiger partial charge >= 0.3 is 0 Å². The van der Waals surface area contributed by atoms with Gasteiger partial charge in [0.1, 0.15) is 11.3 Å². The first-order chi connectivity index (χ1) is 15.6. The SMILES string of the molecule is C.OC1CCC(n2c(Nc3ccccc3F)nc3cnc(Nc4cccc(Cl)c4)nc32)CC1. The number of nitrogens with zero attached hydrogens (tertiary/aromatic N) is 4. The minimum Gasteiger partial charge on any atom is -0.393 e. The molecule has 0 spiro atoms. The van der Waals surface area contributed by atoms with Crippen LogP contribution in [0.4, 0.5) is 27.7 Å². The maximum atomic E-state index is 14.3. The normalized spacial score (nSPS) is 18.0. The van der Waals surface area contributed by atoms with Crippen LogP contribution in [-0.2, 0) is 0 Å². The van der Waals surface area contributed by atoms with Crippen LogP contribution in [0.25, 0.3) is 11.2 Å². The smallest absolute Gasteiger partial charge is 0.229 e. The quantitative estimate of drug-likeness (QED) is 0.322. The summed E-state index contributed by atoms with van der Waals surface area (Å²) >= 11 is 6.08. The molecule has 1 aliphatic rings. The highest BCUT2D eigenvalue weighted by molar-refractivity contribution is 6.30. The van der Waals surface area contributed by atoms with E-state index in [4.69, 9.17) is 16.6 Å². The average Bonchev–Trinajstić information content (AvgIpc) is 3.13. The molecule has 0 unspecified atom stereocenters. The number of fused-ring (bicyclic) bond motifs is 1. The van der Waals surface area contributed by atoms with Crippen LogP contribution in [0.5, 0.6) is 0 Å². The van der Waals surface area contributed by atoms with Crippen LogP contribution in [0.1, 0.15) is 39.2 Å². The number of anilines is 4. The molecular formula is C24H26ClFN6O. The standard InChI is InChI=1S/C23H22ClFN6O.CH4/c24-14-4-3-5-15(12-14)27-22-26-13-20-21(30-22)31(16-8-10-17(32)11-9-16)23(29-20)28-19-7-2-1-6-18(19)25;/h1-7,12-13,16-17,32H,8-11H2,(H,28,29)(H,26,27,30);1H4. The highest BCUT2D eigenvalue weighted by atomic mass is 35.5. The van der Waals surface area contributed by atoms with Crippen molar-refractivity contribution in [2.45, 2.75) is 45.3 Å². The van der Waals surface area contributed by atoms with Gasteiger partial charge in [0, 0.05) is 16.8 Å². The summed E-state index contributed by atoms with van der Waals surface area (Å²) in [7, 11) is 0. The molecule has 0 amide bonds. The van der Waals surface area contributed by atoms with Gasteiger partial charge in [0.25, 0.3) is 0 Å². The van der Waals surface area contributed by atoms with Gasteiger partial charge in [-0.25, -0.2) is 14.4 Å². The van der Waals surface area contributed by atoms with Crippen molar-refractivity contribution in [3.8, 4) is 0 Å². The molecule has 33 heavy (non-hydrogen) atoms. The predicted octanol–water partition coefficient (Wildman–Crippen LogP) is 6.22. The van der Waals surface area contributed by atoms with Gasteiger partial charge in [0.15, 0.2) is 5.65 Å². The lowest BCUT2D eigenvalue weighted by molar-refractivity contribution is 0.112. The summed E-state index contributed by atoms with van der Waals surface area (Å²) in [5.41, 5.74) is 2.36. The molecule has 9 heteroatoms. The van der Waals surface area contributed by atoms with E-state index in [9.17, 15) is 9.50 Å². The summed E-state index contributed by atoms with van der Waals surface area (Å²) in [4.78, 5) is 13.8. The summed E-state index contributed by atoms with van der Waals surface area (Å²) in [6.07, 6.45) is 4.30. The Kier molecular flexibility index (Phi) is 6.76. The number of hydrogen-bond donors (Lipinski definition) is 3. The van der Waals surface area contributed by atoms with E-state index in [1.807, 2.05) is 16.7 Å². The summed E-state index contributed by atoms with van der Waals surface area (Å²) < 4.78 is 16.3. The fourth-order valence-corrected chi connectivity index (χ4v) is 4.27. The number of aliphatic hydroxyl groups excluding tert-OH is 1. The fraction of sp³-hybridized carbons (Fsp3) is 0.292. The fourth-order valence-electron chi connectivity index (χ4n) is 4.08. The number of imidazole rings is 1. The number of halogens is 2. The van der Waals surface area contributed by atoms with Crippen molar-refractivity contribution in [2.24, 2.45) is 0 Å². The van der Waals surface area contributed by atoms with E-state index in [0.717, 1.165) is 18.5 Å². The second-order valence-electron chi connectivity index (χ2n) is 7.91. The molecule has 2 aromatic carbocycles. The molecule has 2 heterocycles. The minimum absolute atomic E-state index is 0. The maximum Gasteiger partial charge on any atom is 0.229 e. The number of aliphatic hydroxyl groups is 1. The van der Waals surface area contributed by atoms with Crippen LogP contribution < -0.4 is 10.6 Å². The van der Waals surface area contributed by atoms with Crippen molar-refractivity contribution in [3.05, 3.63) is 65.6 Å². The molecule has 1 fully saturated rings. The van der Waals surface area contributed by atoms with Crippen molar-refractivity contribution < 1.29 is 9.50 Å². The number of para-hydroxylation sites is 1. The van der Waals surface area contributed by atoms with Gasteiger partial charge in [-0.05, 0) is 56.0 Å². The van der Waals surface area contributed by atoms with Crippen LogP contribution in [0, 0.1) is 5.82 Å². The number of rotatable bonds is 5. The van der Waals surface area contributed by atoms with Gasteiger partial charge in [0.2, 0.25) is 11.9 Å². The van der Waals surface area contributed by atoms with Crippen LogP contribution in [0.15, 0.2) is 54.7 Å². The van der Waals surface area contributed by atoms with Crippen LogP contribution >= 0.6 is 11.6 Å². The summed E-state index contributed by atoms with van der Waals surface area (Å²) in [5, 5.41) is 16.9. The molecule has 0 atom stereocenters. The van der Waals surface area contributed by atoms with Crippen LogP contribution in [-0.4, -0.2) is 30.7 Å². The highest BCUT2D eigenvalue weighted by Gasteiger charge is 2.26. The molecule has 7 nitrogen and oxygen atoms in total. The van der Waals surface area contributed by atoms with E-state index in [1.165, 1.54) is 6.07 Å². The van der Waals surface area contributed by atoms with Gasteiger partial charge in [-0.15, -0.1) is 0 Å². The van der Waals surface area contributed by atoms with Crippen molar-refractivity contribution in [3.63, 3.8) is 0 Å². The van der Waals surface area contributed by atoms with Gasteiger partial charge in [0.05, 0.1) is 18.0 Å². The van der Waals surface area contributed by atoms with Crippen LogP contribution in [0.2, 0.25) is 5.02 Å².